The van der Waals surface area contributed by atoms with Gasteiger partial charge in [-0.15, -0.1) is 0 Å². The van der Waals surface area contributed by atoms with Gasteiger partial charge in [-0.2, -0.15) is 0 Å². The van der Waals surface area contributed by atoms with Crippen molar-refractivity contribution >= 4 is 27.6 Å². The van der Waals surface area contributed by atoms with Gasteiger partial charge in [-0.25, -0.2) is 17.5 Å². The minimum atomic E-state index is -4.09. The highest BCUT2D eigenvalue weighted by molar-refractivity contribution is 7.89. The molecule has 2 rings (SSSR count). The average Bonchev–Trinajstić information content (AvgIpc) is 2.74. The van der Waals surface area contributed by atoms with Gasteiger partial charge in [-0.3, -0.25) is 4.79 Å². The molecule has 2 N–H and O–H groups in total. The van der Waals surface area contributed by atoms with E-state index in [-0.39, 0.29) is 9.92 Å². The number of aliphatic carboxylic acids is 1. The number of benzene rings is 1. The molecule has 0 aromatic heterocycles. The normalized spacial score (nSPS) is 26.0. The largest absolute Gasteiger partial charge is 0.481 e. The molecule has 8 heteroatoms. The fraction of sp³-hybridized carbons (Fsp3) is 0.462. The SMILES string of the molecule is CC1(C(=O)O)CCCC1NS(=O)(=O)c1cc(F)ccc1Cl. The maximum Gasteiger partial charge on any atom is 0.310 e. The minimum absolute atomic E-state index is 0.112. The molecule has 0 amide bonds. The summed E-state index contributed by atoms with van der Waals surface area (Å²) in [5.74, 6) is -1.79. The summed E-state index contributed by atoms with van der Waals surface area (Å²) in [7, 11) is -4.09. The number of hydrogen-bond acceptors (Lipinski definition) is 3. The van der Waals surface area contributed by atoms with Crippen molar-refractivity contribution in [2.45, 2.75) is 37.1 Å². The van der Waals surface area contributed by atoms with E-state index in [1.54, 1.807) is 0 Å². The van der Waals surface area contributed by atoms with Gasteiger partial charge in [-0.05, 0) is 38.0 Å². The van der Waals surface area contributed by atoms with Gasteiger partial charge in [0, 0.05) is 6.04 Å². The van der Waals surface area contributed by atoms with Crippen molar-refractivity contribution in [3.8, 4) is 0 Å². The van der Waals surface area contributed by atoms with Gasteiger partial charge in [0.15, 0.2) is 0 Å². The Morgan fingerprint density at radius 3 is 2.81 bits per heavy atom. The molecule has 21 heavy (non-hydrogen) atoms. The fourth-order valence-electron chi connectivity index (χ4n) is 2.55. The van der Waals surface area contributed by atoms with Crippen LogP contribution in [-0.4, -0.2) is 25.5 Å². The average molecular weight is 336 g/mol. The lowest BCUT2D eigenvalue weighted by Crippen LogP contribution is -2.47. The molecular formula is C13H15ClFNO4S. The van der Waals surface area contributed by atoms with Crippen LogP contribution < -0.4 is 4.72 Å². The number of hydrogen-bond donors (Lipinski definition) is 2. The van der Waals surface area contributed by atoms with Gasteiger partial charge in [0.05, 0.1) is 10.4 Å². The highest BCUT2D eigenvalue weighted by Gasteiger charge is 2.47. The van der Waals surface area contributed by atoms with Crippen LogP contribution in [-0.2, 0) is 14.8 Å². The molecule has 1 aromatic carbocycles. The second-order valence-electron chi connectivity index (χ2n) is 5.36. The standard InChI is InChI=1S/C13H15ClFNO4S/c1-13(12(17)18)6-2-3-11(13)16-21(19,20)10-7-8(15)4-5-9(10)14/h4-5,7,11,16H,2-3,6H2,1H3,(H,17,18). The van der Waals surface area contributed by atoms with Crippen molar-refractivity contribution in [3.05, 3.63) is 29.0 Å². The summed E-state index contributed by atoms with van der Waals surface area (Å²) in [6.07, 6.45) is 1.40. The first-order valence-corrected chi connectivity index (χ1v) is 8.24. The Bertz CT molecular complexity index is 679. The molecule has 1 fully saturated rings. The van der Waals surface area contributed by atoms with Crippen LogP contribution >= 0.6 is 11.6 Å². The predicted octanol–water partition coefficient (Wildman–Crippen LogP) is 2.40. The van der Waals surface area contributed by atoms with Crippen LogP contribution in [0.15, 0.2) is 23.1 Å². The van der Waals surface area contributed by atoms with E-state index in [1.165, 1.54) is 6.92 Å². The molecule has 1 aromatic rings. The zero-order valence-corrected chi connectivity index (χ0v) is 12.8. The summed E-state index contributed by atoms with van der Waals surface area (Å²) in [6.45, 7) is 1.50. The van der Waals surface area contributed by atoms with Crippen LogP contribution in [0.5, 0.6) is 0 Å². The van der Waals surface area contributed by atoms with Gasteiger partial charge in [0.2, 0.25) is 10.0 Å². The van der Waals surface area contributed by atoms with Crippen molar-refractivity contribution < 1.29 is 22.7 Å². The van der Waals surface area contributed by atoms with E-state index >= 15 is 0 Å². The summed E-state index contributed by atoms with van der Waals surface area (Å²) in [6, 6.07) is 2.27. The number of carboxylic acids is 1. The van der Waals surface area contributed by atoms with E-state index in [0.717, 1.165) is 18.2 Å². The number of rotatable bonds is 4. The van der Waals surface area contributed by atoms with E-state index in [9.17, 15) is 22.7 Å². The zero-order chi connectivity index (χ0) is 15.8. The molecular weight excluding hydrogens is 321 g/mol. The summed E-state index contributed by atoms with van der Waals surface area (Å²) < 4.78 is 40.2. The molecule has 5 nitrogen and oxygen atoms in total. The number of carboxylic acid groups (broad SMARTS) is 1. The summed E-state index contributed by atoms with van der Waals surface area (Å²) in [4.78, 5) is 11.0. The molecule has 0 bridgehead atoms. The monoisotopic (exact) mass is 335 g/mol. The van der Waals surface area contributed by atoms with E-state index in [2.05, 4.69) is 4.72 Å². The van der Waals surface area contributed by atoms with Crippen LogP contribution in [0.2, 0.25) is 5.02 Å². The molecule has 0 radical (unpaired) electrons. The first kappa shape index (κ1) is 16.2. The lowest BCUT2D eigenvalue weighted by Gasteiger charge is -2.27. The topological polar surface area (TPSA) is 83.5 Å². The molecule has 1 aliphatic carbocycles. The molecule has 0 saturated heterocycles. The van der Waals surface area contributed by atoms with Crippen molar-refractivity contribution in [2.75, 3.05) is 0 Å². The molecule has 2 unspecified atom stereocenters. The van der Waals surface area contributed by atoms with E-state index < -0.39 is 33.3 Å². The molecule has 1 saturated carbocycles. The number of carbonyl (C=O) groups is 1. The Morgan fingerprint density at radius 1 is 1.52 bits per heavy atom. The minimum Gasteiger partial charge on any atom is -0.481 e. The Hall–Kier alpha value is -1.18. The van der Waals surface area contributed by atoms with E-state index in [4.69, 9.17) is 11.6 Å². The maximum atomic E-state index is 13.2. The van der Waals surface area contributed by atoms with Crippen LogP contribution in [0.3, 0.4) is 0 Å². The predicted molar refractivity (Wildman–Crippen MR) is 75.1 cm³/mol. The Balaban J connectivity index is 2.34. The molecule has 0 aliphatic heterocycles. The first-order chi connectivity index (χ1) is 9.67. The highest BCUT2D eigenvalue weighted by Crippen LogP contribution is 2.39. The second kappa shape index (κ2) is 5.55. The van der Waals surface area contributed by atoms with Crippen molar-refractivity contribution in [1.29, 1.82) is 0 Å². The number of halogens is 2. The van der Waals surface area contributed by atoms with Gasteiger partial charge in [-0.1, -0.05) is 18.0 Å². The fourth-order valence-corrected chi connectivity index (χ4v) is 4.44. The maximum absolute atomic E-state index is 13.2. The van der Waals surface area contributed by atoms with Crippen LogP contribution in [0.25, 0.3) is 0 Å². The van der Waals surface area contributed by atoms with E-state index in [0.29, 0.717) is 19.3 Å². The molecule has 116 valence electrons. The summed E-state index contributed by atoms with van der Waals surface area (Å²) >= 11 is 5.80. The Labute approximate surface area is 127 Å². The van der Waals surface area contributed by atoms with Crippen molar-refractivity contribution in [3.63, 3.8) is 0 Å². The van der Waals surface area contributed by atoms with Gasteiger partial charge >= 0.3 is 5.97 Å². The first-order valence-electron chi connectivity index (χ1n) is 6.37. The van der Waals surface area contributed by atoms with Gasteiger partial charge < -0.3 is 5.11 Å². The van der Waals surface area contributed by atoms with E-state index in [1.807, 2.05) is 0 Å². The zero-order valence-electron chi connectivity index (χ0n) is 11.3. The van der Waals surface area contributed by atoms with Crippen LogP contribution in [0, 0.1) is 11.2 Å². The molecule has 0 spiro atoms. The lowest BCUT2D eigenvalue weighted by atomic mass is 9.85. The quantitative estimate of drug-likeness (QED) is 0.885. The third kappa shape index (κ3) is 3.04. The van der Waals surface area contributed by atoms with Gasteiger partial charge in [0.25, 0.3) is 0 Å². The highest BCUT2D eigenvalue weighted by atomic mass is 35.5. The number of sulfonamides is 1. The third-order valence-electron chi connectivity index (χ3n) is 3.93. The lowest BCUT2D eigenvalue weighted by molar-refractivity contribution is -0.148. The van der Waals surface area contributed by atoms with Crippen LogP contribution in [0.4, 0.5) is 4.39 Å². The van der Waals surface area contributed by atoms with Crippen molar-refractivity contribution in [1.82, 2.24) is 4.72 Å². The Kier molecular flexibility index (Phi) is 4.28. The summed E-state index contributed by atoms with van der Waals surface area (Å²) in [5.41, 5.74) is -1.17. The smallest absolute Gasteiger partial charge is 0.310 e. The van der Waals surface area contributed by atoms with Crippen molar-refractivity contribution in [2.24, 2.45) is 5.41 Å². The number of nitrogens with one attached hydrogen (secondary N) is 1. The van der Waals surface area contributed by atoms with Gasteiger partial charge in [0.1, 0.15) is 10.7 Å². The molecule has 0 heterocycles. The summed E-state index contributed by atoms with van der Waals surface area (Å²) in [5, 5.41) is 9.18. The second-order valence-corrected chi connectivity index (χ2v) is 7.45. The van der Waals surface area contributed by atoms with Crippen LogP contribution in [0.1, 0.15) is 26.2 Å². The Morgan fingerprint density at radius 2 is 2.19 bits per heavy atom. The molecule has 1 aliphatic rings. The molecule has 2 atom stereocenters. The third-order valence-corrected chi connectivity index (χ3v) is 5.88.